The normalized spacial score (nSPS) is 17.0. The van der Waals surface area contributed by atoms with Gasteiger partial charge in [0.15, 0.2) is 0 Å². The van der Waals surface area contributed by atoms with Crippen LogP contribution in [0.25, 0.3) is 0 Å². The highest BCUT2D eigenvalue weighted by molar-refractivity contribution is 5.73. The Morgan fingerprint density at radius 3 is 1.71 bits per heavy atom. The Labute approximate surface area is 86.7 Å². The number of carbonyl (C=O) groups is 1. The fraction of sp³-hybridized carbons (Fsp3) is 0.800. The first-order chi connectivity index (χ1) is 7.32. The third kappa shape index (κ3) is 3.96. The first-order valence-corrected chi connectivity index (χ1v) is 3.35. The predicted octanol–water partition coefficient (Wildman–Crippen LogP) is 2.11. The van der Waals surface area contributed by atoms with Gasteiger partial charge in [0.1, 0.15) is 0 Å². The third-order valence-electron chi connectivity index (χ3n) is 1.09. The van der Waals surface area contributed by atoms with Crippen molar-refractivity contribution < 1.29 is 54.5 Å². The van der Waals surface area contributed by atoms with Crippen molar-refractivity contribution in [3.63, 3.8) is 0 Å². The molecule has 1 unspecified atom stereocenters. The van der Waals surface area contributed by atoms with Crippen molar-refractivity contribution in [2.75, 3.05) is 0 Å². The van der Waals surface area contributed by atoms with E-state index < -0.39 is 30.9 Å². The van der Waals surface area contributed by atoms with Gasteiger partial charge < -0.3 is 5.11 Å². The van der Waals surface area contributed by atoms with Gasteiger partial charge in [0.25, 0.3) is 0 Å². The van der Waals surface area contributed by atoms with Crippen LogP contribution in [0.2, 0.25) is 0 Å². The first-order valence-electron chi connectivity index (χ1n) is 3.35. The fourth-order valence-corrected chi connectivity index (χ4v) is 0.472. The first kappa shape index (κ1) is 15.8. The molecule has 17 heavy (non-hydrogen) atoms. The zero-order chi connectivity index (χ0) is 14.1. The van der Waals surface area contributed by atoms with E-state index in [1.165, 1.54) is 0 Å². The lowest BCUT2D eigenvalue weighted by Crippen LogP contribution is -2.53. The summed E-state index contributed by atoms with van der Waals surface area (Å²) in [6.07, 6.45) is -12.2. The van der Waals surface area contributed by atoms with Gasteiger partial charge in [-0.15, -0.1) is 0 Å². The van der Waals surface area contributed by atoms with Crippen LogP contribution in [-0.4, -0.2) is 36.0 Å². The van der Waals surface area contributed by atoms with E-state index >= 15 is 0 Å². The molecule has 0 aliphatic heterocycles. The number of hydrogen-bond acceptors (Lipinski definition) is 3. The van der Waals surface area contributed by atoms with Gasteiger partial charge in [-0.05, 0) is 0 Å². The molecule has 0 heterocycles. The lowest BCUT2D eigenvalue weighted by atomic mass is 10.5. The van der Waals surface area contributed by atoms with E-state index in [1.807, 2.05) is 0 Å². The molecule has 102 valence electrons. The molecule has 4 nitrogen and oxygen atoms in total. The number of carboxylic acids is 1. The molecule has 0 spiro atoms. The Balaban J connectivity index is 5.16. The molecule has 12 heteroatoms. The highest BCUT2D eigenvalue weighted by Crippen LogP contribution is 2.41. The van der Waals surface area contributed by atoms with Gasteiger partial charge in [0.05, 0.1) is 0 Å². The van der Waals surface area contributed by atoms with Gasteiger partial charge in [-0.3, -0.25) is 4.74 Å². The van der Waals surface area contributed by atoms with Crippen LogP contribution in [0.5, 0.6) is 0 Å². The molecule has 0 bridgehead atoms. The van der Waals surface area contributed by atoms with Crippen molar-refractivity contribution in [3.8, 4) is 0 Å². The van der Waals surface area contributed by atoms with Crippen molar-refractivity contribution in [2.24, 2.45) is 0 Å². The highest BCUT2D eigenvalue weighted by atomic mass is 19.4. The van der Waals surface area contributed by atoms with E-state index in [2.05, 4.69) is 9.47 Å². The van der Waals surface area contributed by atoms with Crippen LogP contribution >= 0.6 is 0 Å². The summed E-state index contributed by atoms with van der Waals surface area (Å²) in [7, 11) is 0. The molecular formula is C5H2F8O4. The summed E-state index contributed by atoms with van der Waals surface area (Å²) in [4.78, 5) is 9.66. The number of hydrogen-bond donors (Lipinski definition) is 1. The van der Waals surface area contributed by atoms with E-state index in [-0.39, 0.29) is 0 Å². The zero-order valence-electron chi connectivity index (χ0n) is 7.27. The molecule has 0 saturated heterocycles. The second-order valence-electron chi connectivity index (χ2n) is 2.34. The number of aliphatic carboxylic acids is 1. The standard InChI is InChI=1S/C5H2F8O4/c6-2(7)16-5(13,4(10,11)12)17-3(8,9)1(14)15/h2H,(H,14,15). The smallest absolute Gasteiger partial charge is 0.475 e. The summed E-state index contributed by atoms with van der Waals surface area (Å²) in [5.41, 5.74) is 0. The van der Waals surface area contributed by atoms with Crippen molar-refractivity contribution in [2.45, 2.75) is 24.9 Å². The Hall–Kier alpha value is -1.17. The molecule has 0 fully saturated rings. The molecule has 0 rings (SSSR count). The largest absolute Gasteiger partial charge is 0.478 e. The van der Waals surface area contributed by atoms with Gasteiger partial charge in [-0.1, -0.05) is 0 Å². The molecule has 0 aromatic rings. The van der Waals surface area contributed by atoms with E-state index in [1.54, 1.807) is 0 Å². The molecule has 0 aliphatic rings. The maximum absolute atomic E-state index is 12.6. The van der Waals surface area contributed by atoms with E-state index in [0.717, 1.165) is 0 Å². The number of ether oxygens (including phenoxy) is 2. The maximum Gasteiger partial charge on any atom is 0.478 e. The topological polar surface area (TPSA) is 55.8 Å². The summed E-state index contributed by atoms with van der Waals surface area (Å²) < 4.78 is 99.3. The van der Waals surface area contributed by atoms with Crippen LogP contribution in [0.3, 0.4) is 0 Å². The molecular weight excluding hydrogens is 276 g/mol. The molecule has 1 atom stereocenters. The lowest BCUT2D eigenvalue weighted by Gasteiger charge is -2.28. The maximum atomic E-state index is 12.6. The van der Waals surface area contributed by atoms with Crippen molar-refractivity contribution in [1.82, 2.24) is 0 Å². The summed E-state index contributed by atoms with van der Waals surface area (Å²) in [5, 5.41) is 7.65. The minimum absolute atomic E-state index is 2.14. The average Bonchev–Trinajstić information content (AvgIpc) is 1.97. The molecule has 0 radical (unpaired) electrons. The Morgan fingerprint density at radius 1 is 1.06 bits per heavy atom. The van der Waals surface area contributed by atoms with E-state index in [9.17, 15) is 39.9 Å². The highest BCUT2D eigenvalue weighted by Gasteiger charge is 2.67. The van der Waals surface area contributed by atoms with E-state index in [0.29, 0.717) is 0 Å². The lowest BCUT2D eigenvalue weighted by molar-refractivity contribution is -0.507. The van der Waals surface area contributed by atoms with Gasteiger partial charge in [-0.2, -0.15) is 35.1 Å². The average molecular weight is 278 g/mol. The number of halogens is 8. The van der Waals surface area contributed by atoms with Crippen LogP contribution in [0.4, 0.5) is 35.1 Å². The molecule has 0 aliphatic carbocycles. The minimum Gasteiger partial charge on any atom is -0.475 e. The van der Waals surface area contributed by atoms with Crippen LogP contribution < -0.4 is 0 Å². The van der Waals surface area contributed by atoms with Gasteiger partial charge >= 0.3 is 30.9 Å². The molecule has 0 aromatic heterocycles. The summed E-state index contributed by atoms with van der Waals surface area (Å²) >= 11 is 0. The number of rotatable bonds is 5. The minimum atomic E-state index is -6.46. The summed E-state index contributed by atoms with van der Waals surface area (Å²) in [6.45, 7) is -4.47. The second-order valence-corrected chi connectivity index (χ2v) is 2.34. The summed E-state index contributed by atoms with van der Waals surface area (Å²) in [6, 6.07) is -5.96. The third-order valence-corrected chi connectivity index (χ3v) is 1.09. The molecule has 0 saturated carbocycles. The van der Waals surface area contributed by atoms with Crippen LogP contribution in [-0.2, 0) is 14.3 Å². The fourth-order valence-electron chi connectivity index (χ4n) is 0.472. The van der Waals surface area contributed by atoms with Crippen molar-refractivity contribution >= 4 is 5.97 Å². The second kappa shape index (κ2) is 4.60. The number of carboxylic acid groups (broad SMARTS) is 1. The molecule has 0 aromatic carbocycles. The van der Waals surface area contributed by atoms with Gasteiger partial charge in [0.2, 0.25) is 0 Å². The van der Waals surface area contributed by atoms with Crippen molar-refractivity contribution in [3.05, 3.63) is 0 Å². The van der Waals surface area contributed by atoms with Crippen LogP contribution in [0.15, 0.2) is 0 Å². The predicted molar refractivity (Wildman–Crippen MR) is 30.7 cm³/mol. The van der Waals surface area contributed by atoms with Crippen LogP contribution in [0, 0.1) is 0 Å². The molecule has 0 amide bonds. The monoisotopic (exact) mass is 278 g/mol. The SMILES string of the molecule is O=C(O)C(F)(F)OC(F)(OC(F)F)C(F)(F)F. The molecule has 1 N–H and O–H groups in total. The summed E-state index contributed by atoms with van der Waals surface area (Å²) in [5.74, 6) is -3.32. The quantitative estimate of drug-likeness (QED) is 0.618. The Kier molecular flexibility index (Phi) is 4.28. The number of alkyl halides is 8. The van der Waals surface area contributed by atoms with Crippen molar-refractivity contribution in [1.29, 1.82) is 0 Å². The zero-order valence-corrected chi connectivity index (χ0v) is 7.27. The Bertz CT molecular complexity index is 288. The van der Waals surface area contributed by atoms with E-state index in [4.69, 9.17) is 5.11 Å². The van der Waals surface area contributed by atoms with Gasteiger partial charge in [0, 0.05) is 0 Å². The Morgan fingerprint density at radius 2 is 1.47 bits per heavy atom. The van der Waals surface area contributed by atoms with Crippen LogP contribution in [0.1, 0.15) is 0 Å². The van der Waals surface area contributed by atoms with Gasteiger partial charge in [-0.25, -0.2) is 9.53 Å².